The van der Waals surface area contributed by atoms with Crippen LogP contribution in [0, 0.1) is 0 Å². The summed E-state index contributed by atoms with van der Waals surface area (Å²) in [4.78, 5) is 24.5. The van der Waals surface area contributed by atoms with Crippen LogP contribution >= 0.6 is 0 Å². The molecule has 156 valence electrons. The number of nitrogens with one attached hydrogen (secondary N) is 1. The molecular formula is C21H34N2O4Si. The minimum Gasteiger partial charge on any atom is -0.449 e. The summed E-state index contributed by atoms with van der Waals surface area (Å²) in [5.41, 5.74) is 3.72. The van der Waals surface area contributed by atoms with E-state index in [-0.39, 0.29) is 19.3 Å². The van der Waals surface area contributed by atoms with Gasteiger partial charge in [0.05, 0.1) is 19.3 Å². The van der Waals surface area contributed by atoms with Gasteiger partial charge in [-0.2, -0.15) is 0 Å². The van der Waals surface area contributed by atoms with E-state index in [9.17, 15) is 9.59 Å². The van der Waals surface area contributed by atoms with Crippen molar-refractivity contribution in [3.05, 3.63) is 48.0 Å². The lowest BCUT2D eigenvalue weighted by Gasteiger charge is -2.29. The zero-order chi connectivity index (χ0) is 21.0. The van der Waals surface area contributed by atoms with Crippen molar-refractivity contribution in [1.82, 2.24) is 10.4 Å². The molecule has 2 amide bonds. The van der Waals surface area contributed by atoms with Crippen LogP contribution in [0.25, 0.3) is 0 Å². The molecule has 0 aromatic heterocycles. The molecule has 1 atom stereocenters. The van der Waals surface area contributed by atoms with E-state index in [2.05, 4.69) is 43.3 Å². The topological polar surface area (TPSA) is 67.9 Å². The van der Waals surface area contributed by atoms with Crippen molar-refractivity contribution in [3.8, 4) is 0 Å². The Morgan fingerprint density at radius 2 is 1.75 bits per heavy atom. The number of rotatable bonds is 9. The fourth-order valence-electron chi connectivity index (χ4n) is 2.57. The molecule has 7 heteroatoms. The number of nitrogens with zero attached hydrogens (tertiary/aromatic N) is 1. The molecule has 1 N–H and O–H groups in total. The van der Waals surface area contributed by atoms with Gasteiger partial charge in [-0.05, 0) is 38.3 Å². The van der Waals surface area contributed by atoms with Crippen molar-refractivity contribution in [2.75, 3.05) is 13.2 Å². The van der Waals surface area contributed by atoms with Gasteiger partial charge in [-0.15, -0.1) is 0 Å². The van der Waals surface area contributed by atoms with Crippen LogP contribution in [0.5, 0.6) is 0 Å². The number of carbonyl (C=O) groups excluding carboxylic acids is 2. The quantitative estimate of drug-likeness (QED) is 0.356. The van der Waals surface area contributed by atoms with Gasteiger partial charge in [-0.25, -0.2) is 20.0 Å². The molecule has 0 saturated carbocycles. The summed E-state index contributed by atoms with van der Waals surface area (Å²) >= 11 is 0. The molecule has 6 nitrogen and oxygen atoms in total. The molecule has 0 bridgehead atoms. The van der Waals surface area contributed by atoms with Gasteiger partial charge in [-0.1, -0.05) is 62.1 Å². The highest BCUT2D eigenvalue weighted by Crippen LogP contribution is 2.15. The standard InChI is InChI=1S/C21H34N2O4Si/c1-6-26-20(24)22-23(21(25)27-7-2)19(14-11-17-28(3,4)5)16-15-18-12-9-8-10-13-18/h8-14,19H,6-7,15-17H2,1-5H3,(H,22,24). The van der Waals surface area contributed by atoms with Crippen molar-refractivity contribution in [1.29, 1.82) is 0 Å². The third kappa shape index (κ3) is 9.59. The summed E-state index contributed by atoms with van der Waals surface area (Å²) in [6, 6.07) is 10.7. The Morgan fingerprint density at radius 3 is 2.32 bits per heavy atom. The second-order valence-electron chi connectivity index (χ2n) is 7.69. The fourth-order valence-corrected chi connectivity index (χ4v) is 3.41. The predicted octanol–water partition coefficient (Wildman–Crippen LogP) is 5.00. The molecule has 0 fully saturated rings. The number of hydrogen-bond acceptors (Lipinski definition) is 4. The number of allylic oxidation sites excluding steroid dienone is 1. The first kappa shape index (κ1) is 23.8. The fraction of sp³-hybridized carbons (Fsp3) is 0.524. The van der Waals surface area contributed by atoms with Gasteiger partial charge in [0.15, 0.2) is 0 Å². The summed E-state index contributed by atoms with van der Waals surface area (Å²) < 4.78 is 10.1. The lowest BCUT2D eigenvalue weighted by atomic mass is 10.0. The van der Waals surface area contributed by atoms with E-state index < -0.39 is 20.3 Å². The predicted molar refractivity (Wildman–Crippen MR) is 115 cm³/mol. The Balaban J connectivity index is 3.01. The first-order valence-electron chi connectivity index (χ1n) is 9.86. The summed E-state index contributed by atoms with van der Waals surface area (Å²) in [7, 11) is -1.27. The number of benzene rings is 1. The lowest BCUT2D eigenvalue weighted by Crippen LogP contribution is -2.52. The van der Waals surface area contributed by atoms with Crippen LogP contribution in [0.1, 0.15) is 25.8 Å². The Morgan fingerprint density at radius 1 is 1.11 bits per heavy atom. The number of ether oxygens (including phenoxy) is 2. The molecule has 1 aromatic carbocycles. The Kier molecular flexibility index (Phi) is 10.4. The average Bonchev–Trinajstić information content (AvgIpc) is 2.63. The van der Waals surface area contributed by atoms with E-state index in [1.54, 1.807) is 13.8 Å². The van der Waals surface area contributed by atoms with Crippen LogP contribution in [0.3, 0.4) is 0 Å². The van der Waals surface area contributed by atoms with Crippen molar-refractivity contribution in [2.24, 2.45) is 0 Å². The van der Waals surface area contributed by atoms with Gasteiger partial charge in [0.25, 0.3) is 0 Å². The van der Waals surface area contributed by atoms with Gasteiger partial charge < -0.3 is 9.47 Å². The third-order valence-corrected chi connectivity index (χ3v) is 5.40. The van der Waals surface area contributed by atoms with Crippen LogP contribution in [0.4, 0.5) is 9.59 Å². The first-order chi connectivity index (χ1) is 13.3. The highest BCUT2D eigenvalue weighted by Gasteiger charge is 2.26. The SMILES string of the molecule is CCOC(=O)NN(C(=O)OCC)C(C=CC[Si](C)(C)C)CCc1ccccc1. The molecule has 0 spiro atoms. The summed E-state index contributed by atoms with van der Waals surface area (Å²) in [6.07, 6.45) is 4.26. The van der Waals surface area contributed by atoms with Crippen LogP contribution in [-0.4, -0.2) is 44.5 Å². The van der Waals surface area contributed by atoms with Gasteiger partial charge in [0.2, 0.25) is 0 Å². The highest BCUT2D eigenvalue weighted by molar-refractivity contribution is 6.76. The molecule has 0 aliphatic carbocycles. The van der Waals surface area contributed by atoms with E-state index in [4.69, 9.17) is 9.47 Å². The summed E-state index contributed by atoms with van der Waals surface area (Å²) in [5.74, 6) is 0. The largest absolute Gasteiger partial charge is 0.449 e. The van der Waals surface area contributed by atoms with Crippen LogP contribution < -0.4 is 5.43 Å². The van der Waals surface area contributed by atoms with Crippen LogP contribution in [0.2, 0.25) is 25.7 Å². The number of hydrazine groups is 1. The number of amides is 2. The monoisotopic (exact) mass is 406 g/mol. The molecule has 1 unspecified atom stereocenters. The number of carbonyl (C=O) groups is 2. The molecule has 0 aliphatic heterocycles. The second-order valence-corrected chi connectivity index (χ2v) is 13.2. The molecule has 0 radical (unpaired) electrons. The Labute approximate surface area is 169 Å². The molecule has 0 heterocycles. The minimum atomic E-state index is -1.27. The van der Waals surface area contributed by atoms with Crippen molar-refractivity contribution >= 4 is 20.3 Å². The van der Waals surface area contributed by atoms with E-state index in [0.29, 0.717) is 6.42 Å². The molecule has 28 heavy (non-hydrogen) atoms. The van der Waals surface area contributed by atoms with Gasteiger partial charge >= 0.3 is 12.2 Å². The van der Waals surface area contributed by atoms with Crippen molar-refractivity contribution in [3.63, 3.8) is 0 Å². The molecule has 1 aromatic rings. The minimum absolute atomic E-state index is 0.225. The maximum atomic E-state index is 12.5. The van der Waals surface area contributed by atoms with Crippen molar-refractivity contribution < 1.29 is 19.1 Å². The van der Waals surface area contributed by atoms with E-state index in [1.165, 1.54) is 10.6 Å². The number of aryl methyl sites for hydroxylation is 1. The van der Waals surface area contributed by atoms with E-state index >= 15 is 0 Å². The van der Waals surface area contributed by atoms with E-state index in [0.717, 1.165) is 12.5 Å². The Hall–Kier alpha value is -2.28. The highest BCUT2D eigenvalue weighted by atomic mass is 28.3. The normalized spacial score (nSPS) is 12.5. The summed E-state index contributed by atoms with van der Waals surface area (Å²) in [5, 5.41) is 1.24. The van der Waals surface area contributed by atoms with Crippen LogP contribution in [-0.2, 0) is 15.9 Å². The molecular weight excluding hydrogens is 372 g/mol. The van der Waals surface area contributed by atoms with E-state index in [1.807, 2.05) is 24.3 Å². The third-order valence-electron chi connectivity index (χ3n) is 3.94. The van der Waals surface area contributed by atoms with Crippen molar-refractivity contribution in [2.45, 2.75) is 58.4 Å². The maximum Gasteiger partial charge on any atom is 0.429 e. The first-order valence-corrected chi connectivity index (χ1v) is 13.6. The van der Waals surface area contributed by atoms with Crippen LogP contribution in [0.15, 0.2) is 42.5 Å². The second kappa shape index (κ2) is 12.2. The molecule has 1 rings (SSSR count). The Bertz CT molecular complexity index is 629. The molecule has 0 saturated heterocycles. The average molecular weight is 407 g/mol. The number of hydrogen-bond donors (Lipinski definition) is 1. The maximum absolute atomic E-state index is 12.5. The smallest absolute Gasteiger partial charge is 0.429 e. The summed E-state index contributed by atoms with van der Waals surface area (Å²) in [6.45, 7) is 10.8. The van der Waals surface area contributed by atoms with Gasteiger partial charge in [-0.3, -0.25) is 0 Å². The van der Waals surface area contributed by atoms with Gasteiger partial charge in [0.1, 0.15) is 0 Å². The zero-order valence-electron chi connectivity index (χ0n) is 17.7. The lowest BCUT2D eigenvalue weighted by molar-refractivity contribution is 0.0620. The molecule has 0 aliphatic rings. The van der Waals surface area contributed by atoms with Gasteiger partial charge in [0, 0.05) is 8.07 Å². The zero-order valence-corrected chi connectivity index (χ0v) is 18.7.